The van der Waals surface area contributed by atoms with Crippen molar-refractivity contribution >= 4 is 6.09 Å². The number of hydrogen-bond donors (Lipinski definition) is 0. The molecule has 0 spiro atoms. The maximum Gasteiger partial charge on any atom is 0.410 e. The van der Waals surface area contributed by atoms with Gasteiger partial charge in [-0.15, -0.1) is 0 Å². The second kappa shape index (κ2) is 8.88. The summed E-state index contributed by atoms with van der Waals surface area (Å²) in [7, 11) is 0. The molecule has 0 atom stereocenters. The topological polar surface area (TPSA) is 29.5 Å². The molecule has 0 aromatic heterocycles. The number of halogens is 1. The minimum atomic E-state index is -0.455. The number of ether oxygens (including phenoxy) is 1. The van der Waals surface area contributed by atoms with Gasteiger partial charge in [0, 0.05) is 13.1 Å². The van der Waals surface area contributed by atoms with Crippen LogP contribution in [-0.4, -0.2) is 29.7 Å². The van der Waals surface area contributed by atoms with E-state index in [4.69, 9.17) is 4.74 Å². The summed E-state index contributed by atoms with van der Waals surface area (Å²) in [4.78, 5) is 14.1. The molecule has 1 aliphatic rings. The summed E-state index contributed by atoms with van der Waals surface area (Å²) in [5.41, 5.74) is 2.90. The van der Waals surface area contributed by atoms with Crippen LogP contribution >= 0.6 is 0 Å². The Kier molecular flexibility index (Phi) is 7.31. The van der Waals surface area contributed by atoms with Gasteiger partial charge in [-0.05, 0) is 92.0 Å². The quantitative estimate of drug-likeness (QED) is 0.528. The molecule has 0 aliphatic carbocycles. The molecule has 3 nitrogen and oxygen atoms in total. The molecule has 2 rings (SSSR count). The Morgan fingerprint density at radius 2 is 1.43 bits per heavy atom. The zero-order valence-corrected chi connectivity index (χ0v) is 20.6. The highest BCUT2D eigenvalue weighted by Gasteiger charge is 2.29. The van der Waals surface area contributed by atoms with E-state index >= 15 is 0 Å². The molecule has 0 radical (unpaired) electrons. The summed E-state index contributed by atoms with van der Waals surface area (Å²) >= 11 is 0. The number of benzene rings is 1. The van der Waals surface area contributed by atoms with Crippen molar-refractivity contribution in [3.05, 3.63) is 34.6 Å². The standard InChI is InChI=1S/C26H42FNO2/c1-24(2,3)21-16-19(27)17-22(25(4,5)6)20(21)11-10-18-12-14-28(15-13-18)23(29)30-26(7,8)9/h16-18H,10-15H2,1-9H3. The fraction of sp³-hybridized carbons (Fsp3) is 0.731. The summed E-state index contributed by atoms with van der Waals surface area (Å²) in [6.07, 6.45) is 3.81. The Hall–Kier alpha value is -1.58. The number of piperidine rings is 1. The fourth-order valence-electron chi connectivity index (χ4n) is 4.32. The van der Waals surface area contributed by atoms with Gasteiger partial charge in [-0.1, -0.05) is 41.5 Å². The van der Waals surface area contributed by atoms with Gasteiger partial charge < -0.3 is 9.64 Å². The number of nitrogens with zero attached hydrogens (tertiary/aromatic N) is 1. The average Bonchev–Trinajstić information content (AvgIpc) is 2.57. The number of carbonyl (C=O) groups excluding carboxylic acids is 1. The first-order valence-electron chi connectivity index (χ1n) is 11.4. The van der Waals surface area contributed by atoms with E-state index in [2.05, 4.69) is 41.5 Å². The van der Waals surface area contributed by atoms with Gasteiger partial charge in [0.15, 0.2) is 0 Å². The molecule has 0 bridgehead atoms. The van der Waals surface area contributed by atoms with Crippen molar-refractivity contribution in [3.8, 4) is 0 Å². The van der Waals surface area contributed by atoms with Crippen LogP contribution in [0.1, 0.15) is 98.3 Å². The van der Waals surface area contributed by atoms with Crippen LogP contribution in [0.4, 0.5) is 9.18 Å². The average molecular weight is 420 g/mol. The number of amides is 1. The molecule has 1 heterocycles. The van der Waals surface area contributed by atoms with Gasteiger partial charge in [-0.25, -0.2) is 9.18 Å². The van der Waals surface area contributed by atoms with E-state index in [0.717, 1.165) is 49.9 Å². The Labute approximate surface area is 183 Å². The molecule has 1 aromatic rings. The van der Waals surface area contributed by atoms with Crippen LogP contribution in [0.15, 0.2) is 12.1 Å². The predicted octanol–water partition coefficient (Wildman–Crippen LogP) is 7.00. The lowest BCUT2D eigenvalue weighted by Crippen LogP contribution is -2.41. The first kappa shape index (κ1) is 24.7. The maximum absolute atomic E-state index is 14.5. The van der Waals surface area contributed by atoms with E-state index in [0.29, 0.717) is 5.92 Å². The van der Waals surface area contributed by atoms with E-state index in [1.807, 2.05) is 25.7 Å². The van der Waals surface area contributed by atoms with Crippen LogP contribution in [0.3, 0.4) is 0 Å². The van der Waals surface area contributed by atoms with Crippen molar-refractivity contribution in [2.24, 2.45) is 5.92 Å². The molecular formula is C26H42FNO2. The molecule has 1 aromatic carbocycles. The lowest BCUT2D eigenvalue weighted by atomic mass is 9.74. The first-order valence-corrected chi connectivity index (χ1v) is 11.4. The molecule has 0 unspecified atom stereocenters. The third-order valence-corrected chi connectivity index (χ3v) is 5.90. The smallest absolute Gasteiger partial charge is 0.410 e. The van der Waals surface area contributed by atoms with Crippen molar-refractivity contribution in [1.29, 1.82) is 0 Å². The summed E-state index contributed by atoms with van der Waals surface area (Å²) in [6.45, 7) is 20.2. The Balaban J connectivity index is 2.11. The highest BCUT2D eigenvalue weighted by Crippen LogP contribution is 2.37. The van der Waals surface area contributed by atoms with Crippen molar-refractivity contribution < 1.29 is 13.9 Å². The van der Waals surface area contributed by atoms with Crippen LogP contribution in [-0.2, 0) is 22.0 Å². The predicted molar refractivity (Wildman–Crippen MR) is 123 cm³/mol. The van der Waals surface area contributed by atoms with E-state index in [9.17, 15) is 9.18 Å². The van der Waals surface area contributed by atoms with Gasteiger partial charge in [0.1, 0.15) is 11.4 Å². The van der Waals surface area contributed by atoms with Gasteiger partial charge in [-0.3, -0.25) is 0 Å². The lowest BCUT2D eigenvalue weighted by molar-refractivity contribution is 0.0181. The van der Waals surface area contributed by atoms with E-state index in [-0.39, 0.29) is 22.7 Å². The molecule has 4 heteroatoms. The van der Waals surface area contributed by atoms with Crippen LogP contribution in [0.25, 0.3) is 0 Å². The molecule has 1 amide bonds. The second-order valence-corrected chi connectivity index (χ2v) is 11.9. The highest BCUT2D eigenvalue weighted by molar-refractivity contribution is 5.68. The minimum Gasteiger partial charge on any atom is -0.444 e. The van der Waals surface area contributed by atoms with Crippen LogP contribution in [0.2, 0.25) is 0 Å². The fourth-order valence-corrected chi connectivity index (χ4v) is 4.32. The van der Waals surface area contributed by atoms with Crippen molar-refractivity contribution in [2.45, 2.75) is 104 Å². The van der Waals surface area contributed by atoms with Crippen molar-refractivity contribution in [2.75, 3.05) is 13.1 Å². The minimum absolute atomic E-state index is 0.0997. The maximum atomic E-state index is 14.5. The van der Waals surface area contributed by atoms with Gasteiger partial charge in [0.05, 0.1) is 0 Å². The normalized spacial score (nSPS) is 16.7. The van der Waals surface area contributed by atoms with Crippen molar-refractivity contribution in [3.63, 3.8) is 0 Å². The Bertz CT molecular complexity index is 707. The molecule has 1 saturated heterocycles. The summed E-state index contributed by atoms with van der Waals surface area (Å²) in [5.74, 6) is 0.439. The zero-order chi connectivity index (χ0) is 22.9. The summed E-state index contributed by atoms with van der Waals surface area (Å²) in [5, 5.41) is 0. The third kappa shape index (κ3) is 6.72. The Morgan fingerprint density at radius 3 is 1.83 bits per heavy atom. The third-order valence-electron chi connectivity index (χ3n) is 5.90. The monoisotopic (exact) mass is 419 g/mol. The molecule has 1 fully saturated rings. The van der Waals surface area contributed by atoms with Gasteiger partial charge in [0.25, 0.3) is 0 Å². The van der Waals surface area contributed by atoms with E-state index in [1.54, 1.807) is 12.1 Å². The highest BCUT2D eigenvalue weighted by atomic mass is 19.1. The summed E-state index contributed by atoms with van der Waals surface area (Å²) in [6, 6.07) is 3.46. The molecule has 1 aliphatic heterocycles. The van der Waals surface area contributed by atoms with Crippen molar-refractivity contribution in [1.82, 2.24) is 4.90 Å². The van der Waals surface area contributed by atoms with Crippen LogP contribution in [0.5, 0.6) is 0 Å². The molecule has 0 N–H and O–H groups in total. The first-order chi connectivity index (χ1) is 13.6. The number of likely N-dealkylation sites (tertiary alicyclic amines) is 1. The second-order valence-electron chi connectivity index (χ2n) is 11.9. The van der Waals surface area contributed by atoms with Gasteiger partial charge in [-0.2, -0.15) is 0 Å². The number of hydrogen-bond acceptors (Lipinski definition) is 2. The molecule has 0 saturated carbocycles. The molecule has 30 heavy (non-hydrogen) atoms. The van der Waals surface area contributed by atoms with Crippen LogP contribution < -0.4 is 0 Å². The lowest BCUT2D eigenvalue weighted by Gasteiger charge is -2.34. The number of carbonyl (C=O) groups is 1. The number of rotatable bonds is 3. The van der Waals surface area contributed by atoms with Gasteiger partial charge >= 0.3 is 6.09 Å². The SMILES string of the molecule is CC(C)(C)OC(=O)N1CCC(CCc2c(C(C)(C)C)cc(F)cc2C(C)(C)C)CC1. The van der Waals surface area contributed by atoms with E-state index < -0.39 is 5.60 Å². The van der Waals surface area contributed by atoms with Gasteiger partial charge in [0.2, 0.25) is 0 Å². The summed E-state index contributed by atoms with van der Waals surface area (Å²) < 4.78 is 20.0. The molecule has 170 valence electrons. The largest absolute Gasteiger partial charge is 0.444 e. The molecular weight excluding hydrogens is 377 g/mol. The zero-order valence-electron chi connectivity index (χ0n) is 20.6. The Morgan fingerprint density at radius 1 is 0.967 bits per heavy atom. The van der Waals surface area contributed by atoms with Crippen LogP contribution in [0, 0.1) is 11.7 Å². The van der Waals surface area contributed by atoms with E-state index in [1.165, 1.54) is 5.56 Å².